The largest absolute Gasteiger partial charge is 0.370 e. The molecule has 0 rings (SSSR count). The normalized spacial score (nSPS) is 12.6. The summed E-state index contributed by atoms with van der Waals surface area (Å²) >= 11 is 0. The van der Waals surface area contributed by atoms with Gasteiger partial charge in [0.25, 0.3) is 0 Å². The van der Waals surface area contributed by atoms with E-state index in [9.17, 15) is 4.79 Å². The summed E-state index contributed by atoms with van der Waals surface area (Å²) in [4.78, 5) is 10.3. The highest BCUT2D eigenvalue weighted by Gasteiger charge is 2.03. The number of carbonyl (C=O) groups is 1. The lowest BCUT2D eigenvalue weighted by Gasteiger charge is -2.03. The van der Waals surface area contributed by atoms with Gasteiger partial charge in [-0.2, -0.15) is 0 Å². The molecule has 1 atom stereocenters. The highest BCUT2D eigenvalue weighted by Crippen LogP contribution is 2.06. The molecular weight excluding hydrogens is 114 g/mol. The van der Waals surface area contributed by atoms with E-state index in [2.05, 4.69) is 6.58 Å². The second-order valence-electron chi connectivity index (χ2n) is 2.07. The Morgan fingerprint density at radius 3 is 2.56 bits per heavy atom. The zero-order valence-corrected chi connectivity index (χ0v) is 5.76. The maximum atomic E-state index is 10.3. The Balaban J connectivity index is 3.55. The molecule has 0 aliphatic heterocycles. The molecule has 0 aromatic heterocycles. The van der Waals surface area contributed by atoms with Crippen LogP contribution < -0.4 is 5.73 Å². The molecule has 0 radical (unpaired) electrons. The van der Waals surface area contributed by atoms with Crippen molar-refractivity contribution in [3.63, 3.8) is 0 Å². The van der Waals surface area contributed by atoms with E-state index in [4.69, 9.17) is 5.73 Å². The summed E-state index contributed by atoms with van der Waals surface area (Å²) in [7, 11) is 0. The van der Waals surface area contributed by atoms with Crippen LogP contribution in [0.4, 0.5) is 0 Å². The third-order valence-corrected chi connectivity index (χ3v) is 1.32. The highest BCUT2D eigenvalue weighted by atomic mass is 16.1. The van der Waals surface area contributed by atoms with Crippen LogP contribution in [0.5, 0.6) is 0 Å². The van der Waals surface area contributed by atoms with E-state index in [1.807, 2.05) is 6.92 Å². The van der Waals surface area contributed by atoms with E-state index in [1.165, 1.54) is 0 Å². The number of primary amides is 1. The maximum absolute atomic E-state index is 10.3. The first-order valence-electron chi connectivity index (χ1n) is 3.11. The van der Waals surface area contributed by atoms with Gasteiger partial charge in [0.05, 0.1) is 0 Å². The van der Waals surface area contributed by atoms with Gasteiger partial charge in [-0.25, -0.2) is 0 Å². The molecule has 0 aromatic carbocycles. The lowest BCUT2D eigenvalue weighted by Crippen LogP contribution is -2.14. The smallest absolute Gasteiger partial charge is 0.218 e. The summed E-state index contributed by atoms with van der Waals surface area (Å²) in [5.41, 5.74) is 4.96. The van der Waals surface area contributed by atoms with E-state index < -0.39 is 0 Å². The molecule has 9 heavy (non-hydrogen) atoms. The van der Waals surface area contributed by atoms with Crippen molar-refractivity contribution in [3.05, 3.63) is 12.7 Å². The number of hydrogen-bond acceptors (Lipinski definition) is 1. The van der Waals surface area contributed by atoms with Gasteiger partial charge in [0, 0.05) is 6.42 Å². The number of amides is 1. The number of allylic oxidation sites excluding steroid dienone is 1. The maximum Gasteiger partial charge on any atom is 0.218 e. The van der Waals surface area contributed by atoms with Crippen molar-refractivity contribution < 1.29 is 4.79 Å². The molecule has 2 heteroatoms. The van der Waals surface area contributed by atoms with Crippen molar-refractivity contribution >= 4 is 5.91 Å². The van der Waals surface area contributed by atoms with Crippen molar-refractivity contribution in [2.24, 2.45) is 11.7 Å². The minimum Gasteiger partial charge on any atom is -0.370 e. The van der Waals surface area contributed by atoms with Crippen LogP contribution in [0.1, 0.15) is 19.8 Å². The quantitative estimate of drug-likeness (QED) is 0.564. The van der Waals surface area contributed by atoms with E-state index in [0.29, 0.717) is 6.42 Å². The molecule has 0 saturated carbocycles. The van der Waals surface area contributed by atoms with E-state index >= 15 is 0 Å². The van der Waals surface area contributed by atoms with Gasteiger partial charge < -0.3 is 5.73 Å². The fourth-order valence-corrected chi connectivity index (χ4v) is 0.653. The van der Waals surface area contributed by atoms with E-state index in [0.717, 1.165) is 6.42 Å². The van der Waals surface area contributed by atoms with Crippen LogP contribution in [0.15, 0.2) is 12.7 Å². The SMILES string of the molecule is C=C[C@@H](CC)CC(N)=O. The van der Waals surface area contributed by atoms with Crippen LogP contribution in [0, 0.1) is 5.92 Å². The molecule has 0 aromatic rings. The monoisotopic (exact) mass is 127 g/mol. The molecule has 2 nitrogen and oxygen atoms in total. The summed E-state index contributed by atoms with van der Waals surface area (Å²) in [5.74, 6) is 0.0178. The summed E-state index contributed by atoms with van der Waals surface area (Å²) in [6, 6.07) is 0. The fourth-order valence-electron chi connectivity index (χ4n) is 0.653. The van der Waals surface area contributed by atoms with Gasteiger partial charge in [-0.3, -0.25) is 4.79 Å². The first-order chi connectivity index (χ1) is 4.20. The van der Waals surface area contributed by atoms with Crippen LogP contribution >= 0.6 is 0 Å². The Morgan fingerprint density at radius 1 is 1.89 bits per heavy atom. The molecule has 0 heterocycles. The minimum absolute atomic E-state index is 0.248. The second-order valence-corrected chi connectivity index (χ2v) is 2.07. The average molecular weight is 127 g/mol. The van der Waals surface area contributed by atoms with Crippen molar-refractivity contribution in [2.75, 3.05) is 0 Å². The Hall–Kier alpha value is -0.790. The van der Waals surface area contributed by atoms with Gasteiger partial charge in [0.15, 0.2) is 0 Å². The zero-order valence-electron chi connectivity index (χ0n) is 5.76. The predicted molar refractivity (Wildman–Crippen MR) is 37.8 cm³/mol. The number of hydrogen-bond donors (Lipinski definition) is 1. The number of carbonyl (C=O) groups excluding carboxylic acids is 1. The summed E-state index contributed by atoms with van der Waals surface area (Å²) in [5, 5.41) is 0. The van der Waals surface area contributed by atoms with E-state index in [1.54, 1.807) is 6.08 Å². The van der Waals surface area contributed by atoms with Gasteiger partial charge in [-0.1, -0.05) is 13.0 Å². The first-order valence-corrected chi connectivity index (χ1v) is 3.11. The van der Waals surface area contributed by atoms with Crippen LogP contribution in [-0.2, 0) is 4.79 Å². The van der Waals surface area contributed by atoms with Gasteiger partial charge in [-0.05, 0) is 12.3 Å². The molecule has 1 amide bonds. The Labute approximate surface area is 55.7 Å². The van der Waals surface area contributed by atoms with Gasteiger partial charge in [-0.15, -0.1) is 6.58 Å². The standard InChI is InChI=1S/C7H13NO/c1-3-6(4-2)5-7(8)9/h3,6H,1,4-5H2,2H3,(H2,8,9)/t6-/m0/s1. The minimum atomic E-state index is -0.248. The van der Waals surface area contributed by atoms with Crippen molar-refractivity contribution in [2.45, 2.75) is 19.8 Å². The first kappa shape index (κ1) is 8.21. The van der Waals surface area contributed by atoms with Crippen molar-refractivity contribution in [1.29, 1.82) is 0 Å². The molecule has 0 saturated heterocycles. The lowest BCUT2D eigenvalue weighted by atomic mass is 10.0. The summed E-state index contributed by atoms with van der Waals surface area (Å²) in [6.45, 7) is 5.59. The molecule has 0 fully saturated rings. The Kier molecular flexibility index (Phi) is 3.76. The van der Waals surface area contributed by atoms with Crippen LogP contribution in [0.3, 0.4) is 0 Å². The number of nitrogens with two attached hydrogens (primary N) is 1. The molecule has 0 aliphatic carbocycles. The van der Waals surface area contributed by atoms with Gasteiger partial charge >= 0.3 is 0 Å². The van der Waals surface area contributed by atoms with Crippen LogP contribution in [-0.4, -0.2) is 5.91 Å². The Morgan fingerprint density at radius 2 is 2.44 bits per heavy atom. The van der Waals surface area contributed by atoms with Crippen molar-refractivity contribution in [3.8, 4) is 0 Å². The molecule has 2 N–H and O–H groups in total. The van der Waals surface area contributed by atoms with Crippen LogP contribution in [0.2, 0.25) is 0 Å². The van der Waals surface area contributed by atoms with Gasteiger partial charge in [0.2, 0.25) is 5.91 Å². The number of rotatable bonds is 4. The molecule has 0 spiro atoms. The van der Waals surface area contributed by atoms with Crippen LogP contribution in [0.25, 0.3) is 0 Å². The van der Waals surface area contributed by atoms with E-state index in [-0.39, 0.29) is 11.8 Å². The fraction of sp³-hybridized carbons (Fsp3) is 0.571. The third kappa shape index (κ3) is 3.76. The predicted octanol–water partition coefficient (Wildman–Crippen LogP) is 1.07. The third-order valence-electron chi connectivity index (χ3n) is 1.32. The molecule has 0 unspecified atom stereocenters. The lowest BCUT2D eigenvalue weighted by molar-refractivity contribution is -0.118. The molecule has 0 aliphatic rings. The second kappa shape index (κ2) is 4.13. The zero-order chi connectivity index (χ0) is 7.28. The van der Waals surface area contributed by atoms with Gasteiger partial charge in [0.1, 0.15) is 0 Å². The molecule has 52 valence electrons. The topological polar surface area (TPSA) is 43.1 Å². The molecule has 0 bridgehead atoms. The average Bonchev–Trinajstić information content (AvgIpc) is 1.82. The highest BCUT2D eigenvalue weighted by molar-refractivity contribution is 5.74. The Bertz CT molecular complexity index is 109. The summed E-state index contributed by atoms with van der Waals surface area (Å²) < 4.78 is 0. The summed E-state index contributed by atoms with van der Waals surface area (Å²) in [6.07, 6.45) is 3.14. The molecular formula is C7H13NO. The van der Waals surface area contributed by atoms with Crippen molar-refractivity contribution in [1.82, 2.24) is 0 Å².